The van der Waals surface area contributed by atoms with Gasteiger partial charge in [0.05, 0.1) is 0 Å². The van der Waals surface area contributed by atoms with Gasteiger partial charge in [-0.3, -0.25) is 0 Å². The number of hydrogen-bond acceptors (Lipinski definition) is 0. The van der Waals surface area contributed by atoms with Crippen LogP contribution in [0.15, 0.2) is 52.6 Å². The van der Waals surface area contributed by atoms with Gasteiger partial charge in [0.25, 0.3) is 0 Å². The molecular formula is C25H30. The third kappa shape index (κ3) is 1.57. The fourth-order valence-electron chi connectivity index (χ4n) is 7.45. The Labute approximate surface area is 152 Å². The monoisotopic (exact) mass is 330 g/mol. The summed E-state index contributed by atoms with van der Waals surface area (Å²) in [6.45, 7) is 10.2. The minimum absolute atomic E-state index is 0.527. The van der Waals surface area contributed by atoms with E-state index < -0.39 is 0 Å². The standard InChI is InChI=1S/C25H30/c1-24(2)15-10-17-18-11-16-13-20(25(16,3)4)23(18)21(22(17)19(24)12-15)14-8-6-5-7-9-14/h5-9,15-16,19-21H,10-13H2,1-4H3/t15-,16-,19-,20-/m0/s1. The SMILES string of the molecule is CC1(C)[C@H]2CC3=C(C(c4ccccc4)C4=C3C[C@H]3C[C@@H]4C3(C)C)[C@@H]1C2. The summed E-state index contributed by atoms with van der Waals surface area (Å²) in [6, 6.07) is 11.5. The molecule has 0 N–H and O–H groups in total. The molecule has 4 atom stereocenters. The maximum absolute atomic E-state index is 2.54. The van der Waals surface area contributed by atoms with Gasteiger partial charge in [-0.1, -0.05) is 69.2 Å². The van der Waals surface area contributed by atoms with Crippen LogP contribution >= 0.6 is 0 Å². The molecule has 8 rings (SSSR count). The summed E-state index contributed by atoms with van der Waals surface area (Å²) in [7, 11) is 0. The van der Waals surface area contributed by atoms with E-state index in [2.05, 4.69) is 58.0 Å². The van der Waals surface area contributed by atoms with E-state index in [-0.39, 0.29) is 0 Å². The fraction of sp³-hybridized carbons (Fsp3) is 0.600. The summed E-state index contributed by atoms with van der Waals surface area (Å²) in [6.07, 6.45) is 5.65. The number of hydrogen-bond donors (Lipinski definition) is 0. The van der Waals surface area contributed by atoms with Crippen LogP contribution in [0.5, 0.6) is 0 Å². The highest BCUT2D eigenvalue weighted by atomic mass is 14.7. The third-order valence-electron chi connectivity index (χ3n) is 9.41. The van der Waals surface area contributed by atoms with Crippen molar-refractivity contribution in [1.29, 1.82) is 0 Å². The zero-order chi connectivity index (χ0) is 17.1. The predicted octanol–water partition coefficient (Wildman–Crippen LogP) is 6.51. The highest BCUT2D eigenvalue weighted by Gasteiger charge is 2.62. The molecule has 0 heterocycles. The molecule has 0 saturated heterocycles. The van der Waals surface area contributed by atoms with Crippen molar-refractivity contribution < 1.29 is 0 Å². The second kappa shape index (κ2) is 4.33. The topological polar surface area (TPSA) is 0 Å². The minimum atomic E-state index is 0.527. The van der Waals surface area contributed by atoms with Crippen LogP contribution in [0.3, 0.4) is 0 Å². The Morgan fingerprint density at radius 1 is 0.720 bits per heavy atom. The zero-order valence-corrected chi connectivity index (χ0v) is 16.1. The van der Waals surface area contributed by atoms with Crippen LogP contribution < -0.4 is 0 Å². The Hall–Kier alpha value is -1.30. The Morgan fingerprint density at radius 3 is 1.64 bits per heavy atom. The van der Waals surface area contributed by atoms with Crippen molar-refractivity contribution in [3.05, 3.63) is 58.2 Å². The number of rotatable bonds is 1. The Kier molecular flexibility index (Phi) is 2.57. The molecular weight excluding hydrogens is 300 g/mol. The second-order valence-corrected chi connectivity index (χ2v) is 10.7. The summed E-state index contributed by atoms with van der Waals surface area (Å²) in [4.78, 5) is 0. The molecule has 0 aromatic heterocycles. The summed E-state index contributed by atoms with van der Waals surface area (Å²) in [5.41, 5.74) is 10.0. The van der Waals surface area contributed by atoms with Crippen molar-refractivity contribution in [2.45, 2.75) is 59.3 Å². The molecule has 0 aliphatic heterocycles. The predicted molar refractivity (Wildman–Crippen MR) is 103 cm³/mol. The smallest absolute Gasteiger partial charge is 0.0275 e. The normalized spacial score (nSPS) is 39.5. The molecule has 1 aromatic rings. The largest absolute Gasteiger partial charge is 0.0622 e. The lowest BCUT2D eigenvalue weighted by molar-refractivity contribution is -0.0131. The van der Waals surface area contributed by atoms with Gasteiger partial charge < -0.3 is 0 Å². The lowest BCUT2D eigenvalue weighted by Gasteiger charge is -2.58. The van der Waals surface area contributed by atoms with Crippen LogP contribution in [-0.2, 0) is 0 Å². The maximum atomic E-state index is 2.54. The molecule has 130 valence electrons. The summed E-state index contributed by atoms with van der Waals surface area (Å²) < 4.78 is 0. The summed E-state index contributed by atoms with van der Waals surface area (Å²) in [5.74, 6) is 4.15. The van der Waals surface area contributed by atoms with E-state index in [1.165, 1.54) is 25.7 Å². The quantitative estimate of drug-likeness (QED) is 0.550. The van der Waals surface area contributed by atoms with E-state index in [4.69, 9.17) is 0 Å². The Balaban J connectivity index is 1.56. The first-order valence-electron chi connectivity index (χ1n) is 10.4. The molecule has 4 bridgehead atoms. The number of allylic oxidation sites excluding steroid dienone is 4. The molecule has 2 saturated carbocycles. The van der Waals surface area contributed by atoms with Crippen LogP contribution in [-0.4, -0.2) is 0 Å². The first-order valence-corrected chi connectivity index (χ1v) is 10.4. The Bertz CT molecular complexity index is 780. The average molecular weight is 331 g/mol. The summed E-state index contributed by atoms with van der Waals surface area (Å²) >= 11 is 0. The highest BCUT2D eigenvalue weighted by Crippen LogP contribution is 2.73. The number of benzene rings is 1. The lowest BCUT2D eigenvalue weighted by Crippen LogP contribution is -2.50. The first-order chi connectivity index (χ1) is 11.9. The molecule has 2 fully saturated rings. The van der Waals surface area contributed by atoms with Gasteiger partial charge in [0.1, 0.15) is 0 Å². The van der Waals surface area contributed by atoms with E-state index in [0.29, 0.717) is 16.7 Å². The van der Waals surface area contributed by atoms with E-state index in [9.17, 15) is 0 Å². The van der Waals surface area contributed by atoms with Gasteiger partial charge in [-0.15, -0.1) is 0 Å². The Morgan fingerprint density at radius 2 is 1.20 bits per heavy atom. The van der Waals surface area contributed by atoms with Crippen molar-refractivity contribution in [3.63, 3.8) is 0 Å². The molecule has 0 radical (unpaired) electrons. The third-order valence-corrected chi connectivity index (χ3v) is 9.41. The van der Waals surface area contributed by atoms with Crippen LogP contribution in [0.1, 0.15) is 64.9 Å². The van der Waals surface area contributed by atoms with Crippen molar-refractivity contribution in [2.75, 3.05) is 0 Å². The molecule has 0 unspecified atom stereocenters. The molecule has 0 heteroatoms. The maximum Gasteiger partial charge on any atom is 0.0275 e. The van der Waals surface area contributed by atoms with Gasteiger partial charge in [0, 0.05) is 5.92 Å². The van der Waals surface area contributed by atoms with E-state index >= 15 is 0 Å². The van der Waals surface area contributed by atoms with Crippen molar-refractivity contribution in [2.24, 2.45) is 34.5 Å². The van der Waals surface area contributed by atoms with Gasteiger partial charge in [-0.25, -0.2) is 0 Å². The van der Waals surface area contributed by atoms with Crippen molar-refractivity contribution >= 4 is 0 Å². The average Bonchev–Trinajstić information content (AvgIpc) is 2.96. The molecule has 0 amide bonds. The minimum Gasteiger partial charge on any atom is -0.0622 e. The van der Waals surface area contributed by atoms with E-state index in [0.717, 1.165) is 23.7 Å². The van der Waals surface area contributed by atoms with Gasteiger partial charge in [-0.2, -0.15) is 0 Å². The molecule has 0 nitrogen and oxygen atoms in total. The first kappa shape index (κ1) is 14.8. The molecule has 7 aliphatic rings. The van der Waals surface area contributed by atoms with Crippen LogP contribution in [0.25, 0.3) is 0 Å². The lowest BCUT2D eigenvalue weighted by atomic mass is 9.46. The second-order valence-electron chi connectivity index (χ2n) is 10.7. The van der Waals surface area contributed by atoms with Crippen molar-refractivity contribution in [1.82, 2.24) is 0 Å². The van der Waals surface area contributed by atoms with Crippen LogP contribution in [0, 0.1) is 34.5 Å². The summed E-state index contributed by atoms with van der Waals surface area (Å²) in [5, 5.41) is 0. The van der Waals surface area contributed by atoms with Crippen LogP contribution in [0.2, 0.25) is 0 Å². The van der Waals surface area contributed by atoms with Gasteiger partial charge in [0.15, 0.2) is 0 Å². The highest BCUT2D eigenvalue weighted by molar-refractivity contribution is 5.63. The van der Waals surface area contributed by atoms with Gasteiger partial charge in [-0.05, 0) is 76.9 Å². The molecule has 0 spiro atoms. The van der Waals surface area contributed by atoms with Gasteiger partial charge >= 0.3 is 0 Å². The fourth-order valence-corrected chi connectivity index (χ4v) is 7.45. The van der Waals surface area contributed by atoms with E-state index in [1.807, 2.05) is 22.3 Å². The van der Waals surface area contributed by atoms with Crippen molar-refractivity contribution in [3.8, 4) is 0 Å². The molecule has 25 heavy (non-hydrogen) atoms. The molecule has 1 aromatic carbocycles. The van der Waals surface area contributed by atoms with Gasteiger partial charge in [0.2, 0.25) is 0 Å². The van der Waals surface area contributed by atoms with E-state index in [1.54, 1.807) is 5.56 Å². The van der Waals surface area contributed by atoms with Crippen LogP contribution in [0.4, 0.5) is 0 Å². The molecule has 7 aliphatic carbocycles. The zero-order valence-electron chi connectivity index (χ0n) is 16.1.